The smallest absolute Gasteiger partial charge is 0.000438 e. The van der Waals surface area contributed by atoms with Gasteiger partial charge >= 0.3 is 0 Å². The van der Waals surface area contributed by atoms with Crippen molar-refractivity contribution in [3.63, 3.8) is 0 Å². The highest BCUT2D eigenvalue weighted by Gasteiger charge is 2.11. The molecule has 0 aliphatic carbocycles. The van der Waals surface area contributed by atoms with Crippen molar-refractivity contribution in [3.8, 4) is 0 Å². The van der Waals surface area contributed by atoms with Gasteiger partial charge in [-0.15, -0.1) is 0 Å². The van der Waals surface area contributed by atoms with E-state index >= 15 is 0 Å². The molecule has 0 saturated carbocycles. The van der Waals surface area contributed by atoms with Crippen LogP contribution in [0, 0.1) is 11.8 Å². The number of piperidine rings is 1. The molecule has 0 aromatic rings. The van der Waals surface area contributed by atoms with E-state index in [9.17, 15) is 0 Å². The molecular formula is C18H40N2. The second kappa shape index (κ2) is 11.6. The molecule has 2 heterocycles. The van der Waals surface area contributed by atoms with Crippen molar-refractivity contribution in [2.75, 3.05) is 39.3 Å². The molecule has 0 spiro atoms. The summed E-state index contributed by atoms with van der Waals surface area (Å²) in [6, 6.07) is 0. The van der Waals surface area contributed by atoms with Gasteiger partial charge in [-0.1, -0.05) is 41.5 Å². The Labute approximate surface area is 128 Å². The van der Waals surface area contributed by atoms with Crippen molar-refractivity contribution in [1.82, 2.24) is 9.80 Å². The number of likely N-dealkylation sites (tertiary alicyclic amines) is 2. The van der Waals surface area contributed by atoms with Crippen LogP contribution in [0.4, 0.5) is 0 Å². The molecule has 0 N–H and O–H groups in total. The summed E-state index contributed by atoms with van der Waals surface area (Å²) in [7, 11) is 0. The van der Waals surface area contributed by atoms with Crippen LogP contribution in [0.3, 0.4) is 0 Å². The third-order valence-corrected chi connectivity index (χ3v) is 3.89. The molecule has 0 amide bonds. The quantitative estimate of drug-likeness (QED) is 0.750. The zero-order valence-corrected chi connectivity index (χ0v) is 13.8. The van der Waals surface area contributed by atoms with Gasteiger partial charge < -0.3 is 9.80 Å². The van der Waals surface area contributed by atoms with Crippen LogP contribution in [0.2, 0.25) is 0 Å². The molecule has 0 radical (unpaired) electrons. The second-order valence-corrected chi connectivity index (χ2v) is 7.16. The van der Waals surface area contributed by atoms with E-state index < -0.39 is 0 Å². The van der Waals surface area contributed by atoms with Crippen LogP contribution in [0.1, 0.15) is 67.2 Å². The fraction of sp³-hybridized carbons (Fsp3) is 1.00. The van der Waals surface area contributed by atoms with E-state index in [0.717, 1.165) is 11.8 Å². The summed E-state index contributed by atoms with van der Waals surface area (Å²) >= 11 is 0. The first-order chi connectivity index (χ1) is 9.08. The zero-order chi connectivity index (χ0) is 14.1. The lowest BCUT2D eigenvalue weighted by Gasteiger charge is -2.27. The predicted molar refractivity (Wildman–Crippen MR) is 92.4 cm³/mol. The minimum Gasteiger partial charge on any atom is -0.303 e. The van der Waals surface area contributed by atoms with Gasteiger partial charge in [-0.25, -0.2) is 0 Å². The van der Waals surface area contributed by atoms with Crippen molar-refractivity contribution >= 4 is 0 Å². The molecule has 0 aromatic heterocycles. The van der Waals surface area contributed by atoms with Gasteiger partial charge in [0.25, 0.3) is 0 Å². The average Bonchev–Trinajstić information content (AvgIpc) is 2.82. The van der Waals surface area contributed by atoms with E-state index in [1.165, 1.54) is 71.4 Å². The summed E-state index contributed by atoms with van der Waals surface area (Å²) in [6.07, 6.45) is 7.15. The summed E-state index contributed by atoms with van der Waals surface area (Å²) in [6.45, 7) is 17.2. The van der Waals surface area contributed by atoms with Crippen LogP contribution in [0.5, 0.6) is 0 Å². The van der Waals surface area contributed by atoms with E-state index in [4.69, 9.17) is 0 Å². The molecule has 2 saturated heterocycles. The Balaban J connectivity index is 0.000000345. The molecule has 20 heavy (non-hydrogen) atoms. The Morgan fingerprint density at radius 3 is 1.20 bits per heavy atom. The lowest BCUT2D eigenvalue weighted by Crippen LogP contribution is -2.32. The van der Waals surface area contributed by atoms with Gasteiger partial charge in [0.05, 0.1) is 0 Å². The van der Waals surface area contributed by atoms with Gasteiger partial charge in [0, 0.05) is 13.1 Å². The second-order valence-electron chi connectivity index (χ2n) is 7.16. The van der Waals surface area contributed by atoms with Gasteiger partial charge in [0.1, 0.15) is 0 Å². The molecule has 2 heteroatoms. The Hall–Kier alpha value is -0.0800. The first kappa shape index (κ1) is 19.9. The fourth-order valence-electron chi connectivity index (χ4n) is 3.14. The lowest BCUT2D eigenvalue weighted by molar-refractivity contribution is 0.206. The first-order valence-corrected chi connectivity index (χ1v) is 8.52. The molecular weight excluding hydrogens is 244 g/mol. The van der Waals surface area contributed by atoms with E-state index in [1.807, 2.05) is 0 Å². The molecule has 2 fully saturated rings. The average molecular weight is 285 g/mol. The molecule has 2 nitrogen and oxygen atoms in total. The van der Waals surface area contributed by atoms with Crippen molar-refractivity contribution in [1.29, 1.82) is 0 Å². The monoisotopic (exact) mass is 284 g/mol. The maximum Gasteiger partial charge on any atom is 0.000438 e. The molecule has 122 valence electrons. The first-order valence-electron chi connectivity index (χ1n) is 8.52. The standard InChI is InChI=1S/C9H19N.C8H17N.CH4/c1-9(2)8-10-6-4-3-5-7-10;1-8(2)7-9-5-3-4-6-9;/h9H,3-8H2,1-2H3;8H,3-7H2,1-2H3;1H4. The number of nitrogens with zero attached hydrogens (tertiary/aromatic N) is 2. The largest absolute Gasteiger partial charge is 0.303 e. The maximum absolute atomic E-state index is 2.59. The lowest BCUT2D eigenvalue weighted by atomic mass is 10.1. The van der Waals surface area contributed by atoms with Gasteiger partial charge in [-0.05, 0) is 63.7 Å². The molecule has 2 aliphatic rings. The van der Waals surface area contributed by atoms with E-state index in [-0.39, 0.29) is 7.43 Å². The van der Waals surface area contributed by atoms with E-state index in [2.05, 4.69) is 37.5 Å². The summed E-state index contributed by atoms with van der Waals surface area (Å²) < 4.78 is 0. The van der Waals surface area contributed by atoms with Crippen molar-refractivity contribution < 1.29 is 0 Å². The zero-order valence-electron chi connectivity index (χ0n) is 13.8. The topological polar surface area (TPSA) is 6.48 Å². The number of hydrogen-bond donors (Lipinski definition) is 0. The van der Waals surface area contributed by atoms with Crippen LogP contribution in [-0.2, 0) is 0 Å². The SMILES string of the molecule is C.CC(C)CN1CCCC1.CC(C)CN1CCCCC1. The van der Waals surface area contributed by atoms with Gasteiger partial charge in [-0.3, -0.25) is 0 Å². The molecule has 0 atom stereocenters. The Kier molecular flexibility index (Phi) is 11.5. The normalized spacial score (nSPS) is 20.7. The summed E-state index contributed by atoms with van der Waals surface area (Å²) in [4.78, 5) is 5.15. The number of rotatable bonds is 4. The third kappa shape index (κ3) is 9.77. The van der Waals surface area contributed by atoms with E-state index in [1.54, 1.807) is 0 Å². The van der Waals surface area contributed by atoms with Gasteiger partial charge in [0.2, 0.25) is 0 Å². The molecule has 0 unspecified atom stereocenters. The van der Waals surface area contributed by atoms with Crippen LogP contribution >= 0.6 is 0 Å². The Bertz CT molecular complexity index is 201. The Morgan fingerprint density at radius 2 is 0.900 bits per heavy atom. The molecule has 0 bridgehead atoms. The summed E-state index contributed by atoms with van der Waals surface area (Å²) in [5.74, 6) is 1.70. The molecule has 0 aromatic carbocycles. The van der Waals surface area contributed by atoms with Crippen molar-refractivity contribution in [2.45, 2.75) is 67.2 Å². The van der Waals surface area contributed by atoms with Crippen molar-refractivity contribution in [3.05, 3.63) is 0 Å². The third-order valence-electron chi connectivity index (χ3n) is 3.89. The number of hydrogen-bond acceptors (Lipinski definition) is 2. The highest BCUT2D eigenvalue weighted by atomic mass is 15.1. The van der Waals surface area contributed by atoms with E-state index in [0.29, 0.717) is 0 Å². The summed E-state index contributed by atoms with van der Waals surface area (Å²) in [5.41, 5.74) is 0. The molecule has 2 rings (SSSR count). The minimum atomic E-state index is 0. The van der Waals surface area contributed by atoms with Crippen LogP contribution in [0.15, 0.2) is 0 Å². The van der Waals surface area contributed by atoms with Crippen molar-refractivity contribution in [2.24, 2.45) is 11.8 Å². The highest BCUT2D eigenvalue weighted by Crippen LogP contribution is 2.10. The predicted octanol–water partition coefficient (Wildman–Crippen LogP) is 4.50. The maximum atomic E-state index is 2.59. The highest BCUT2D eigenvalue weighted by molar-refractivity contribution is 4.66. The van der Waals surface area contributed by atoms with Crippen LogP contribution in [0.25, 0.3) is 0 Å². The summed E-state index contributed by atoms with van der Waals surface area (Å²) in [5, 5.41) is 0. The Morgan fingerprint density at radius 1 is 0.600 bits per heavy atom. The van der Waals surface area contributed by atoms with Gasteiger partial charge in [-0.2, -0.15) is 0 Å². The minimum absolute atomic E-state index is 0. The van der Waals surface area contributed by atoms with Crippen LogP contribution in [-0.4, -0.2) is 49.1 Å². The fourth-order valence-corrected chi connectivity index (χ4v) is 3.14. The van der Waals surface area contributed by atoms with Gasteiger partial charge in [0.15, 0.2) is 0 Å². The van der Waals surface area contributed by atoms with Crippen LogP contribution < -0.4 is 0 Å². The molecule has 2 aliphatic heterocycles.